The third-order valence-electron chi connectivity index (χ3n) is 8.26. The third kappa shape index (κ3) is 2.13. The highest BCUT2D eigenvalue weighted by Gasteiger charge is 2.65. The van der Waals surface area contributed by atoms with Gasteiger partial charge >= 0.3 is 5.97 Å². The average molecular weight is 362 g/mol. The van der Waals surface area contributed by atoms with E-state index in [1.165, 1.54) is 12.7 Å². The summed E-state index contributed by atoms with van der Waals surface area (Å²) in [5, 5.41) is 22.2. The van der Waals surface area contributed by atoms with Crippen LogP contribution >= 0.6 is 0 Å². The molecule has 3 aliphatic rings. The summed E-state index contributed by atoms with van der Waals surface area (Å²) in [6, 6.07) is 2.01. The lowest BCUT2D eigenvalue weighted by Crippen LogP contribution is -2.65. The summed E-state index contributed by atoms with van der Waals surface area (Å²) in [7, 11) is 1.43. The van der Waals surface area contributed by atoms with E-state index in [0.29, 0.717) is 25.7 Å². The summed E-state index contributed by atoms with van der Waals surface area (Å²) in [6.07, 6.45) is 3.14. The summed E-state index contributed by atoms with van der Waals surface area (Å²) < 4.78 is 10.9. The Balaban J connectivity index is 1.82. The van der Waals surface area contributed by atoms with Crippen LogP contribution in [0.3, 0.4) is 0 Å². The smallest absolute Gasteiger partial charge is 0.311 e. The molecule has 8 atom stereocenters. The second-order valence-corrected chi connectivity index (χ2v) is 9.16. The molecule has 2 N–H and O–H groups in total. The van der Waals surface area contributed by atoms with Crippen molar-refractivity contribution >= 4 is 5.97 Å². The number of carbonyl (C=O) groups excluding carboxylic acids is 1. The molecule has 0 spiro atoms. The Morgan fingerprint density at radius 3 is 2.77 bits per heavy atom. The number of hydrogen-bond donors (Lipinski definition) is 2. The lowest BCUT2D eigenvalue weighted by atomic mass is 9.42. The zero-order valence-electron chi connectivity index (χ0n) is 16.1. The molecule has 3 aliphatic carbocycles. The van der Waals surface area contributed by atoms with Crippen LogP contribution in [0.25, 0.3) is 0 Å². The Kier molecular flexibility index (Phi) is 4.05. The number of carbonyl (C=O) groups is 1. The standard InChI is InChI=1S/C21H30O5/c1-11-12-6-8-26-15(12)9-13-18(11)14(22)10-16-20(2,19(24)25-4)7-5-17(23)21(13,16)3/h6,8,11,13-14,16-18,22-23H,5,7,9-10H2,1-4H3/t11-,13-,14-,16-,17-,18-,20-,21+/m0/s1. The summed E-state index contributed by atoms with van der Waals surface area (Å²) in [5.74, 6) is 0.930. The normalized spacial score (nSPS) is 47.5. The molecular weight excluding hydrogens is 332 g/mol. The summed E-state index contributed by atoms with van der Waals surface area (Å²) in [6.45, 7) is 6.21. The zero-order valence-corrected chi connectivity index (χ0v) is 16.1. The fourth-order valence-corrected chi connectivity index (χ4v) is 6.79. The number of esters is 1. The van der Waals surface area contributed by atoms with E-state index in [1.807, 2.05) is 13.0 Å². The van der Waals surface area contributed by atoms with E-state index in [4.69, 9.17) is 9.15 Å². The van der Waals surface area contributed by atoms with Crippen molar-refractivity contribution in [3.8, 4) is 0 Å². The fraction of sp³-hybridized carbons (Fsp3) is 0.762. The molecule has 144 valence electrons. The highest BCUT2D eigenvalue weighted by molar-refractivity contribution is 5.77. The number of furan rings is 1. The van der Waals surface area contributed by atoms with Crippen LogP contribution in [0.4, 0.5) is 0 Å². The Morgan fingerprint density at radius 1 is 1.35 bits per heavy atom. The molecule has 26 heavy (non-hydrogen) atoms. The largest absolute Gasteiger partial charge is 0.469 e. The van der Waals surface area contributed by atoms with Crippen molar-refractivity contribution in [1.29, 1.82) is 0 Å². The molecule has 5 heteroatoms. The van der Waals surface area contributed by atoms with Crippen molar-refractivity contribution in [1.82, 2.24) is 0 Å². The first kappa shape index (κ1) is 18.1. The third-order valence-corrected chi connectivity index (χ3v) is 8.26. The van der Waals surface area contributed by atoms with Crippen molar-refractivity contribution in [2.24, 2.45) is 28.6 Å². The first-order valence-corrected chi connectivity index (χ1v) is 9.76. The maximum Gasteiger partial charge on any atom is 0.311 e. The molecular formula is C21H30O5. The molecule has 2 fully saturated rings. The Labute approximate surface area is 154 Å². The van der Waals surface area contributed by atoms with Crippen molar-refractivity contribution in [2.45, 2.75) is 64.6 Å². The lowest BCUT2D eigenvalue weighted by molar-refractivity contribution is -0.214. The second-order valence-electron chi connectivity index (χ2n) is 9.16. The summed E-state index contributed by atoms with van der Waals surface area (Å²) >= 11 is 0. The van der Waals surface area contributed by atoms with Gasteiger partial charge in [0.2, 0.25) is 0 Å². The molecule has 0 aliphatic heterocycles. The first-order valence-electron chi connectivity index (χ1n) is 9.76. The van der Waals surface area contributed by atoms with Gasteiger partial charge in [-0.05, 0) is 61.5 Å². The van der Waals surface area contributed by atoms with Gasteiger partial charge in [-0.15, -0.1) is 0 Å². The van der Waals surface area contributed by atoms with Crippen molar-refractivity contribution in [3.63, 3.8) is 0 Å². The molecule has 0 unspecified atom stereocenters. The quantitative estimate of drug-likeness (QED) is 0.751. The minimum atomic E-state index is -0.679. The molecule has 5 nitrogen and oxygen atoms in total. The van der Waals surface area contributed by atoms with E-state index in [9.17, 15) is 15.0 Å². The van der Waals surface area contributed by atoms with Crippen LogP contribution < -0.4 is 0 Å². The number of aliphatic hydroxyl groups excluding tert-OH is 2. The summed E-state index contributed by atoms with van der Waals surface area (Å²) in [5.41, 5.74) is 0.0407. The molecule has 0 aromatic carbocycles. The molecule has 2 saturated carbocycles. The number of ether oxygens (including phenoxy) is 1. The van der Waals surface area contributed by atoms with Crippen molar-refractivity contribution in [2.75, 3.05) is 7.11 Å². The molecule has 1 aromatic heterocycles. The lowest BCUT2D eigenvalue weighted by Gasteiger charge is -2.63. The molecule has 4 rings (SSSR count). The predicted molar refractivity (Wildman–Crippen MR) is 95.4 cm³/mol. The molecule has 1 heterocycles. The predicted octanol–water partition coefficient (Wildman–Crippen LogP) is 2.89. The van der Waals surface area contributed by atoms with Gasteiger partial charge < -0.3 is 19.4 Å². The van der Waals surface area contributed by atoms with Gasteiger partial charge in [-0.25, -0.2) is 0 Å². The highest BCUT2D eigenvalue weighted by Crippen LogP contribution is 2.65. The van der Waals surface area contributed by atoms with Gasteiger partial charge in [0, 0.05) is 11.8 Å². The van der Waals surface area contributed by atoms with Gasteiger partial charge in [0.1, 0.15) is 5.76 Å². The van der Waals surface area contributed by atoms with Crippen molar-refractivity contribution < 1.29 is 24.2 Å². The van der Waals surface area contributed by atoms with Gasteiger partial charge in [0.15, 0.2) is 0 Å². The SMILES string of the molecule is COC(=O)[C@@]1(C)CC[C@H](O)[C@@]2(C)[C@H]1C[C@H](O)[C@H]1[C@@H](C)c3ccoc3C[C@@H]12. The fourth-order valence-electron chi connectivity index (χ4n) is 6.79. The zero-order chi connectivity index (χ0) is 18.9. The molecule has 0 saturated heterocycles. The minimum absolute atomic E-state index is 0.0657. The maximum atomic E-state index is 12.7. The van der Waals surface area contributed by atoms with E-state index >= 15 is 0 Å². The Hall–Kier alpha value is -1.33. The van der Waals surface area contributed by atoms with Crippen LogP contribution in [-0.2, 0) is 16.0 Å². The number of fused-ring (bicyclic) bond motifs is 4. The minimum Gasteiger partial charge on any atom is -0.469 e. The Bertz CT molecular complexity index is 711. The molecule has 0 radical (unpaired) electrons. The van der Waals surface area contributed by atoms with Crippen LogP contribution in [0.15, 0.2) is 16.7 Å². The van der Waals surface area contributed by atoms with Crippen molar-refractivity contribution in [3.05, 3.63) is 23.7 Å². The first-order chi connectivity index (χ1) is 12.2. The molecule has 0 amide bonds. The van der Waals surface area contributed by atoms with E-state index in [0.717, 1.165) is 5.76 Å². The van der Waals surface area contributed by atoms with Gasteiger partial charge in [0.05, 0.1) is 31.0 Å². The van der Waals surface area contributed by atoms with Gasteiger partial charge in [0.25, 0.3) is 0 Å². The van der Waals surface area contributed by atoms with E-state index in [1.54, 1.807) is 6.26 Å². The van der Waals surface area contributed by atoms with Gasteiger partial charge in [-0.2, -0.15) is 0 Å². The maximum absolute atomic E-state index is 12.7. The topological polar surface area (TPSA) is 79.9 Å². The van der Waals surface area contributed by atoms with E-state index in [2.05, 4.69) is 13.8 Å². The monoisotopic (exact) mass is 362 g/mol. The van der Waals surface area contributed by atoms with Crippen LogP contribution in [0.2, 0.25) is 0 Å². The van der Waals surface area contributed by atoms with Crippen LogP contribution in [-0.4, -0.2) is 35.5 Å². The molecule has 0 bridgehead atoms. The highest BCUT2D eigenvalue weighted by atomic mass is 16.5. The molecule has 1 aromatic rings. The van der Waals surface area contributed by atoms with Gasteiger partial charge in [-0.1, -0.05) is 13.8 Å². The van der Waals surface area contributed by atoms with Crippen LogP contribution in [0, 0.1) is 28.6 Å². The Morgan fingerprint density at radius 2 is 2.08 bits per heavy atom. The van der Waals surface area contributed by atoms with Gasteiger partial charge in [-0.3, -0.25) is 4.79 Å². The summed E-state index contributed by atoms with van der Waals surface area (Å²) in [4.78, 5) is 12.7. The van der Waals surface area contributed by atoms with E-state index in [-0.39, 0.29) is 29.6 Å². The van der Waals surface area contributed by atoms with Crippen LogP contribution in [0.1, 0.15) is 57.3 Å². The second kappa shape index (κ2) is 5.83. The van der Waals surface area contributed by atoms with E-state index < -0.39 is 23.0 Å². The number of hydrogen-bond acceptors (Lipinski definition) is 5. The number of methoxy groups -OCH3 is 1. The average Bonchev–Trinajstić information content (AvgIpc) is 3.09. The number of aliphatic hydroxyl groups is 2. The van der Waals surface area contributed by atoms with Crippen LogP contribution in [0.5, 0.6) is 0 Å². The number of rotatable bonds is 1.